The first-order valence-electron chi connectivity index (χ1n) is 11.4. The molecule has 0 spiro atoms. The van der Waals surface area contributed by atoms with Crippen LogP contribution in [0.25, 0.3) is 0 Å². The average Bonchev–Trinajstić information content (AvgIpc) is 2.74. The minimum absolute atomic E-state index is 0.638. The summed E-state index contributed by atoms with van der Waals surface area (Å²) in [4.78, 5) is 0. The van der Waals surface area contributed by atoms with Gasteiger partial charge in [0.25, 0.3) is 0 Å². The number of halogens is 1. The van der Waals surface area contributed by atoms with Gasteiger partial charge in [0.05, 0.1) is 18.2 Å². The van der Waals surface area contributed by atoms with E-state index in [-0.39, 0.29) is 0 Å². The number of benzene rings is 1. The molecule has 0 atom stereocenters. The van der Waals surface area contributed by atoms with Gasteiger partial charge in [-0.1, -0.05) is 39.0 Å². The fourth-order valence-electron chi connectivity index (χ4n) is 5.24. The first kappa shape index (κ1) is 21.4. The molecule has 0 bridgehead atoms. The van der Waals surface area contributed by atoms with Crippen LogP contribution in [-0.2, 0) is 0 Å². The highest BCUT2D eigenvalue weighted by molar-refractivity contribution is 6.73. The SMILES string of the molecule is CCCCC[Si]1(F)CCC(C2CCC(COc3ccc(C#N)cc3)CC2)CC1. The van der Waals surface area contributed by atoms with Gasteiger partial charge in [-0.05, 0) is 85.8 Å². The standard InChI is InChI=1S/C24H36FNOSi/c1-2-3-4-15-28(25)16-13-23(14-17-28)22-9-5-21(6-10-22)19-27-24-11-7-20(18-26)8-12-24/h7-8,11-12,21-23H,2-6,9-10,13-17,19H2,1H3. The molecule has 0 N–H and O–H groups in total. The van der Waals surface area contributed by atoms with Crippen LogP contribution >= 0.6 is 0 Å². The van der Waals surface area contributed by atoms with Gasteiger partial charge in [-0.2, -0.15) is 5.26 Å². The molecule has 154 valence electrons. The Morgan fingerprint density at radius 3 is 2.25 bits per heavy atom. The summed E-state index contributed by atoms with van der Waals surface area (Å²) < 4.78 is 21.1. The van der Waals surface area contributed by atoms with Gasteiger partial charge in [0.1, 0.15) is 5.75 Å². The predicted octanol–water partition coefficient (Wildman–Crippen LogP) is 7.26. The molecule has 28 heavy (non-hydrogen) atoms. The zero-order chi connectivity index (χ0) is 19.8. The van der Waals surface area contributed by atoms with Crippen LogP contribution in [0.2, 0.25) is 18.1 Å². The van der Waals surface area contributed by atoms with E-state index in [1.807, 2.05) is 24.3 Å². The van der Waals surface area contributed by atoms with Gasteiger partial charge in [0.15, 0.2) is 0 Å². The van der Waals surface area contributed by atoms with Crippen LogP contribution in [0.15, 0.2) is 24.3 Å². The van der Waals surface area contributed by atoms with Crippen molar-refractivity contribution in [3.63, 3.8) is 0 Å². The molecule has 1 aromatic rings. The van der Waals surface area contributed by atoms with E-state index in [1.165, 1.54) is 38.5 Å². The topological polar surface area (TPSA) is 33.0 Å². The highest BCUT2D eigenvalue weighted by Crippen LogP contribution is 2.44. The smallest absolute Gasteiger partial charge is 0.247 e. The summed E-state index contributed by atoms with van der Waals surface area (Å²) in [7, 11) is -2.39. The molecule has 0 radical (unpaired) electrons. The molecular formula is C24H36FNOSi. The van der Waals surface area contributed by atoms with E-state index >= 15 is 4.11 Å². The lowest BCUT2D eigenvalue weighted by Crippen LogP contribution is -2.36. The predicted molar refractivity (Wildman–Crippen MR) is 116 cm³/mol. The van der Waals surface area contributed by atoms with Crippen molar-refractivity contribution in [2.45, 2.75) is 82.8 Å². The largest absolute Gasteiger partial charge is 0.493 e. The van der Waals surface area contributed by atoms with Gasteiger partial charge in [-0.15, -0.1) is 0 Å². The molecule has 1 aliphatic carbocycles. The van der Waals surface area contributed by atoms with Crippen LogP contribution in [0.4, 0.5) is 4.11 Å². The van der Waals surface area contributed by atoms with Crippen molar-refractivity contribution in [3.05, 3.63) is 29.8 Å². The second kappa shape index (κ2) is 10.4. The van der Waals surface area contributed by atoms with Crippen LogP contribution in [0.1, 0.15) is 70.3 Å². The van der Waals surface area contributed by atoms with Crippen molar-refractivity contribution in [2.24, 2.45) is 17.8 Å². The maximum atomic E-state index is 15.1. The summed E-state index contributed by atoms with van der Waals surface area (Å²) in [6.07, 6.45) is 10.9. The molecule has 2 fully saturated rings. The first-order valence-corrected chi connectivity index (χ1v) is 13.9. The van der Waals surface area contributed by atoms with Crippen molar-refractivity contribution in [1.29, 1.82) is 5.26 Å². The van der Waals surface area contributed by atoms with E-state index in [9.17, 15) is 0 Å². The van der Waals surface area contributed by atoms with E-state index in [4.69, 9.17) is 10.00 Å². The van der Waals surface area contributed by atoms with Gasteiger partial charge >= 0.3 is 0 Å². The molecule has 1 aromatic carbocycles. The third-order valence-electron chi connectivity index (χ3n) is 7.18. The number of rotatable bonds is 8. The van der Waals surface area contributed by atoms with Crippen molar-refractivity contribution < 1.29 is 8.84 Å². The molecule has 2 nitrogen and oxygen atoms in total. The van der Waals surface area contributed by atoms with Gasteiger partial charge < -0.3 is 8.84 Å². The number of nitrogens with zero attached hydrogens (tertiary/aromatic N) is 1. The Morgan fingerprint density at radius 2 is 1.64 bits per heavy atom. The molecule has 1 saturated heterocycles. The van der Waals surface area contributed by atoms with Crippen LogP contribution in [0, 0.1) is 29.1 Å². The van der Waals surface area contributed by atoms with E-state index in [1.54, 1.807) is 0 Å². The third-order valence-corrected chi connectivity index (χ3v) is 10.8. The molecule has 0 unspecified atom stereocenters. The van der Waals surface area contributed by atoms with Crippen molar-refractivity contribution in [3.8, 4) is 11.8 Å². The number of hydrogen-bond acceptors (Lipinski definition) is 2. The minimum atomic E-state index is -2.39. The molecule has 0 amide bonds. The molecule has 0 aromatic heterocycles. The van der Waals surface area contributed by atoms with Gasteiger partial charge in [0.2, 0.25) is 8.41 Å². The maximum Gasteiger partial charge on any atom is 0.247 e. The zero-order valence-corrected chi connectivity index (χ0v) is 18.5. The van der Waals surface area contributed by atoms with E-state index < -0.39 is 8.41 Å². The molecule has 2 aliphatic rings. The van der Waals surface area contributed by atoms with Gasteiger partial charge in [-0.25, -0.2) is 0 Å². The number of hydrogen-bond donors (Lipinski definition) is 0. The molecule has 3 rings (SSSR count). The lowest BCUT2D eigenvalue weighted by Gasteiger charge is -2.39. The summed E-state index contributed by atoms with van der Waals surface area (Å²) in [6, 6.07) is 12.3. The number of ether oxygens (including phenoxy) is 1. The third kappa shape index (κ3) is 6.08. The Bertz CT molecular complexity index is 625. The van der Waals surface area contributed by atoms with Crippen LogP contribution in [-0.4, -0.2) is 15.0 Å². The normalized spacial score (nSPS) is 30.5. The minimum Gasteiger partial charge on any atom is -0.493 e. The first-order chi connectivity index (χ1) is 13.6. The summed E-state index contributed by atoms with van der Waals surface area (Å²) >= 11 is 0. The fraction of sp³-hybridized carbons (Fsp3) is 0.708. The van der Waals surface area contributed by atoms with Gasteiger partial charge in [-0.3, -0.25) is 0 Å². The molecule has 1 saturated carbocycles. The molecular weight excluding hydrogens is 365 g/mol. The Labute approximate surface area is 171 Å². The molecule has 4 heteroatoms. The van der Waals surface area contributed by atoms with E-state index in [0.717, 1.165) is 61.6 Å². The van der Waals surface area contributed by atoms with Gasteiger partial charge in [0, 0.05) is 0 Å². The lowest BCUT2D eigenvalue weighted by molar-refractivity contribution is 0.147. The molecule has 1 aliphatic heterocycles. The van der Waals surface area contributed by atoms with Crippen molar-refractivity contribution >= 4 is 8.41 Å². The van der Waals surface area contributed by atoms with Crippen molar-refractivity contribution in [2.75, 3.05) is 6.61 Å². The lowest BCUT2D eigenvalue weighted by atomic mass is 9.74. The highest BCUT2D eigenvalue weighted by Gasteiger charge is 2.40. The van der Waals surface area contributed by atoms with Crippen molar-refractivity contribution in [1.82, 2.24) is 0 Å². The maximum absolute atomic E-state index is 15.1. The van der Waals surface area contributed by atoms with Crippen LogP contribution < -0.4 is 4.74 Å². The Kier molecular flexibility index (Phi) is 7.97. The van der Waals surface area contributed by atoms with E-state index in [2.05, 4.69) is 13.0 Å². The second-order valence-corrected chi connectivity index (χ2v) is 13.0. The van der Waals surface area contributed by atoms with Crippen LogP contribution in [0.3, 0.4) is 0 Å². The summed E-state index contributed by atoms with van der Waals surface area (Å²) in [5.41, 5.74) is 0.672. The summed E-state index contributed by atoms with van der Waals surface area (Å²) in [5, 5.41) is 8.86. The quantitative estimate of drug-likeness (QED) is 0.261. The Balaban J connectivity index is 1.35. The highest BCUT2D eigenvalue weighted by atomic mass is 28.4. The monoisotopic (exact) mass is 401 g/mol. The number of unbranched alkanes of at least 4 members (excludes halogenated alkanes) is 2. The Hall–Kier alpha value is -1.34. The second-order valence-electron chi connectivity index (χ2n) is 9.17. The van der Waals surface area contributed by atoms with Crippen LogP contribution in [0.5, 0.6) is 5.75 Å². The zero-order valence-electron chi connectivity index (χ0n) is 17.5. The number of nitriles is 1. The van der Waals surface area contributed by atoms with E-state index in [0.29, 0.717) is 11.5 Å². The Morgan fingerprint density at radius 1 is 1.00 bits per heavy atom. The fourth-order valence-corrected chi connectivity index (χ4v) is 8.65. The average molecular weight is 402 g/mol. The molecule has 1 heterocycles. The summed E-state index contributed by atoms with van der Waals surface area (Å²) in [5.74, 6) is 3.10. The summed E-state index contributed by atoms with van der Waals surface area (Å²) in [6.45, 7) is 2.98.